The number of thiophene rings is 1. The summed E-state index contributed by atoms with van der Waals surface area (Å²) in [4.78, 5) is 3.98. The summed E-state index contributed by atoms with van der Waals surface area (Å²) in [6, 6.07) is 6.08. The molecular formula is C15H28N2S. The average molecular weight is 268 g/mol. The second-order valence-electron chi connectivity index (χ2n) is 5.36. The van der Waals surface area contributed by atoms with Crippen molar-refractivity contribution in [2.45, 2.75) is 58.7 Å². The minimum Gasteiger partial charge on any atom is -0.313 e. The Kier molecular flexibility index (Phi) is 6.90. The number of rotatable bonds is 8. The number of hydrogen-bond acceptors (Lipinski definition) is 3. The lowest BCUT2D eigenvalue weighted by atomic mass is 10.1. The van der Waals surface area contributed by atoms with Gasteiger partial charge >= 0.3 is 0 Å². The van der Waals surface area contributed by atoms with Crippen LogP contribution in [0.5, 0.6) is 0 Å². The lowest BCUT2D eigenvalue weighted by Gasteiger charge is -2.33. The van der Waals surface area contributed by atoms with E-state index in [0.29, 0.717) is 18.1 Å². The van der Waals surface area contributed by atoms with Gasteiger partial charge in [-0.15, -0.1) is 11.3 Å². The molecule has 0 saturated heterocycles. The van der Waals surface area contributed by atoms with E-state index < -0.39 is 0 Å². The van der Waals surface area contributed by atoms with Gasteiger partial charge in [0.15, 0.2) is 0 Å². The lowest BCUT2D eigenvalue weighted by Crippen LogP contribution is -2.43. The monoisotopic (exact) mass is 268 g/mol. The maximum Gasteiger partial charge on any atom is 0.0413 e. The Labute approximate surface area is 116 Å². The third-order valence-electron chi connectivity index (χ3n) is 3.53. The maximum absolute atomic E-state index is 3.57. The molecule has 0 bridgehead atoms. The van der Waals surface area contributed by atoms with Gasteiger partial charge in [-0.1, -0.05) is 33.3 Å². The summed E-state index contributed by atoms with van der Waals surface area (Å²) < 4.78 is 0. The summed E-state index contributed by atoms with van der Waals surface area (Å²) in [6.07, 6.45) is 2.50. The Morgan fingerprint density at radius 2 is 2.06 bits per heavy atom. The van der Waals surface area contributed by atoms with E-state index in [4.69, 9.17) is 0 Å². The fourth-order valence-corrected chi connectivity index (χ4v) is 3.04. The lowest BCUT2D eigenvalue weighted by molar-refractivity contribution is 0.171. The fraction of sp³-hybridized carbons (Fsp3) is 0.733. The largest absolute Gasteiger partial charge is 0.313 e. The van der Waals surface area contributed by atoms with Gasteiger partial charge in [0.2, 0.25) is 0 Å². The van der Waals surface area contributed by atoms with E-state index in [-0.39, 0.29) is 0 Å². The van der Waals surface area contributed by atoms with Crippen LogP contribution in [0.1, 0.15) is 51.5 Å². The van der Waals surface area contributed by atoms with Crippen LogP contribution in [-0.4, -0.2) is 30.6 Å². The zero-order valence-corrected chi connectivity index (χ0v) is 13.3. The van der Waals surface area contributed by atoms with E-state index in [9.17, 15) is 0 Å². The summed E-state index contributed by atoms with van der Waals surface area (Å²) in [5, 5.41) is 5.74. The molecule has 2 nitrogen and oxygen atoms in total. The van der Waals surface area contributed by atoms with Gasteiger partial charge in [-0.05, 0) is 31.8 Å². The molecule has 18 heavy (non-hydrogen) atoms. The van der Waals surface area contributed by atoms with E-state index in [1.807, 2.05) is 11.3 Å². The van der Waals surface area contributed by atoms with Crippen molar-refractivity contribution < 1.29 is 0 Å². The van der Waals surface area contributed by atoms with Crippen molar-refractivity contribution in [3.05, 3.63) is 22.4 Å². The predicted molar refractivity (Wildman–Crippen MR) is 82.3 cm³/mol. The highest BCUT2D eigenvalue weighted by atomic mass is 32.1. The van der Waals surface area contributed by atoms with E-state index in [0.717, 1.165) is 6.54 Å². The molecule has 0 fully saturated rings. The molecule has 1 rings (SSSR count). The van der Waals surface area contributed by atoms with Crippen molar-refractivity contribution in [2.24, 2.45) is 0 Å². The van der Waals surface area contributed by atoms with Gasteiger partial charge in [0, 0.05) is 29.5 Å². The van der Waals surface area contributed by atoms with Gasteiger partial charge in [0.1, 0.15) is 0 Å². The molecule has 1 N–H and O–H groups in total. The van der Waals surface area contributed by atoms with Crippen LogP contribution in [0.3, 0.4) is 0 Å². The maximum atomic E-state index is 3.57. The summed E-state index contributed by atoms with van der Waals surface area (Å²) >= 11 is 1.86. The van der Waals surface area contributed by atoms with Gasteiger partial charge in [0.05, 0.1) is 0 Å². The zero-order chi connectivity index (χ0) is 13.5. The first-order chi connectivity index (χ1) is 8.56. The summed E-state index contributed by atoms with van der Waals surface area (Å²) in [5.41, 5.74) is 0. The average Bonchev–Trinajstić information content (AvgIpc) is 2.86. The molecule has 0 aliphatic heterocycles. The molecule has 0 aromatic carbocycles. The summed E-state index contributed by atoms with van der Waals surface area (Å²) in [5.74, 6) is 0. The third kappa shape index (κ3) is 4.71. The van der Waals surface area contributed by atoms with Gasteiger partial charge in [-0.2, -0.15) is 0 Å². The van der Waals surface area contributed by atoms with E-state index >= 15 is 0 Å². The predicted octanol–water partition coefficient (Wildman–Crippen LogP) is 3.91. The van der Waals surface area contributed by atoms with E-state index in [1.165, 1.54) is 17.7 Å². The molecule has 1 aromatic heterocycles. The van der Waals surface area contributed by atoms with Crippen LogP contribution in [0.25, 0.3) is 0 Å². The number of likely N-dealkylation sites (N-methyl/N-ethyl adjacent to an activating group) is 1. The van der Waals surface area contributed by atoms with Crippen LogP contribution in [0.2, 0.25) is 0 Å². The topological polar surface area (TPSA) is 15.3 Å². The SMILES string of the molecule is CCCC(CNC(C)C)N(C)C(C)c1cccs1. The van der Waals surface area contributed by atoms with Gasteiger partial charge in [-0.25, -0.2) is 0 Å². The third-order valence-corrected chi connectivity index (χ3v) is 4.57. The van der Waals surface area contributed by atoms with Gasteiger partial charge < -0.3 is 5.32 Å². The van der Waals surface area contributed by atoms with Gasteiger partial charge in [-0.3, -0.25) is 4.90 Å². The zero-order valence-electron chi connectivity index (χ0n) is 12.4. The molecule has 0 saturated carbocycles. The second kappa shape index (κ2) is 7.93. The number of nitrogens with one attached hydrogen (secondary N) is 1. The van der Waals surface area contributed by atoms with Crippen LogP contribution in [0.15, 0.2) is 17.5 Å². The fourth-order valence-electron chi connectivity index (χ4n) is 2.20. The normalized spacial score (nSPS) is 15.3. The molecular weight excluding hydrogens is 240 g/mol. The molecule has 0 aliphatic carbocycles. The molecule has 3 heteroatoms. The van der Waals surface area contributed by atoms with Crippen LogP contribution < -0.4 is 5.32 Å². The molecule has 0 aliphatic rings. The molecule has 1 aromatic rings. The second-order valence-corrected chi connectivity index (χ2v) is 6.34. The van der Waals surface area contributed by atoms with Crippen LogP contribution in [0.4, 0.5) is 0 Å². The Morgan fingerprint density at radius 1 is 1.33 bits per heavy atom. The molecule has 0 amide bonds. The number of nitrogens with zero attached hydrogens (tertiary/aromatic N) is 1. The van der Waals surface area contributed by atoms with Crippen LogP contribution >= 0.6 is 11.3 Å². The molecule has 1 heterocycles. The Balaban J connectivity index is 2.60. The smallest absolute Gasteiger partial charge is 0.0413 e. The Morgan fingerprint density at radius 3 is 2.56 bits per heavy atom. The van der Waals surface area contributed by atoms with Crippen LogP contribution in [0, 0.1) is 0 Å². The number of hydrogen-bond donors (Lipinski definition) is 1. The quantitative estimate of drug-likeness (QED) is 0.769. The van der Waals surface area contributed by atoms with Crippen molar-refractivity contribution in [2.75, 3.05) is 13.6 Å². The Bertz CT molecular complexity index is 308. The van der Waals surface area contributed by atoms with Crippen molar-refractivity contribution in [1.82, 2.24) is 10.2 Å². The van der Waals surface area contributed by atoms with Crippen molar-refractivity contribution >= 4 is 11.3 Å². The minimum absolute atomic E-state index is 0.510. The van der Waals surface area contributed by atoms with Crippen molar-refractivity contribution in [1.29, 1.82) is 0 Å². The van der Waals surface area contributed by atoms with Crippen molar-refractivity contribution in [3.8, 4) is 0 Å². The molecule has 0 radical (unpaired) electrons. The Hall–Kier alpha value is -0.380. The molecule has 2 unspecified atom stereocenters. The molecule has 2 atom stereocenters. The highest BCUT2D eigenvalue weighted by Crippen LogP contribution is 2.25. The molecule has 104 valence electrons. The molecule has 0 spiro atoms. The highest BCUT2D eigenvalue weighted by molar-refractivity contribution is 7.10. The van der Waals surface area contributed by atoms with E-state index in [2.05, 4.69) is 62.5 Å². The van der Waals surface area contributed by atoms with Crippen LogP contribution in [-0.2, 0) is 0 Å². The summed E-state index contributed by atoms with van der Waals surface area (Å²) in [6.45, 7) is 10.1. The highest BCUT2D eigenvalue weighted by Gasteiger charge is 2.20. The summed E-state index contributed by atoms with van der Waals surface area (Å²) in [7, 11) is 2.26. The first kappa shape index (κ1) is 15.7. The minimum atomic E-state index is 0.510. The first-order valence-corrected chi connectivity index (χ1v) is 7.92. The van der Waals surface area contributed by atoms with Gasteiger partial charge in [0.25, 0.3) is 0 Å². The van der Waals surface area contributed by atoms with Crippen molar-refractivity contribution in [3.63, 3.8) is 0 Å². The first-order valence-electron chi connectivity index (χ1n) is 7.05. The standard InChI is InChI=1S/C15H28N2S/c1-6-8-14(11-16-12(2)3)17(5)13(4)15-9-7-10-18-15/h7,9-10,12-14,16H,6,8,11H2,1-5H3. The van der Waals surface area contributed by atoms with E-state index in [1.54, 1.807) is 0 Å².